The van der Waals surface area contributed by atoms with Crippen LogP contribution in [0.1, 0.15) is 9.67 Å². The molecule has 0 aliphatic heterocycles. The quantitative estimate of drug-likeness (QED) is 0.665. The maximum absolute atomic E-state index is 11.6. The van der Waals surface area contributed by atoms with Crippen LogP contribution in [0.4, 0.5) is 5.82 Å². The molecule has 0 unspecified atom stereocenters. The van der Waals surface area contributed by atoms with Crippen LogP contribution >= 0.6 is 11.5 Å². The Morgan fingerprint density at radius 2 is 1.94 bits per heavy atom. The van der Waals surface area contributed by atoms with Gasteiger partial charge in [-0.3, -0.25) is 0 Å². The predicted molar refractivity (Wildman–Crippen MR) is 64.5 cm³/mol. The van der Waals surface area contributed by atoms with Crippen LogP contribution in [0, 0.1) is 0 Å². The molecule has 0 aliphatic rings. The molecule has 6 heteroatoms. The van der Waals surface area contributed by atoms with Crippen molar-refractivity contribution in [1.82, 2.24) is 4.37 Å². The Bertz CT molecular complexity index is 522. The highest BCUT2D eigenvalue weighted by Crippen LogP contribution is 2.19. The van der Waals surface area contributed by atoms with Crippen LogP contribution in [0.2, 0.25) is 0 Å². The molecule has 0 atom stereocenters. The summed E-state index contributed by atoms with van der Waals surface area (Å²) in [6, 6.07) is 8.21. The maximum Gasteiger partial charge on any atom is 0.355 e. The summed E-state index contributed by atoms with van der Waals surface area (Å²) in [7, 11) is 1.57. The Balaban J connectivity index is 2.07. The molecule has 0 amide bonds. The second-order valence-corrected chi connectivity index (χ2v) is 3.99. The van der Waals surface area contributed by atoms with Crippen LogP contribution in [0.5, 0.6) is 11.5 Å². The lowest BCUT2D eigenvalue weighted by Crippen LogP contribution is -2.06. The van der Waals surface area contributed by atoms with Gasteiger partial charge in [0.15, 0.2) is 0 Å². The number of benzene rings is 1. The van der Waals surface area contributed by atoms with E-state index in [9.17, 15) is 4.79 Å². The number of methoxy groups -OCH3 is 1. The number of carbonyl (C=O) groups is 1. The van der Waals surface area contributed by atoms with Gasteiger partial charge in [0, 0.05) is 6.07 Å². The first-order chi connectivity index (χ1) is 8.19. The first-order valence-corrected chi connectivity index (χ1v) is 5.55. The van der Waals surface area contributed by atoms with Gasteiger partial charge in [0.1, 0.15) is 22.2 Å². The van der Waals surface area contributed by atoms with Gasteiger partial charge in [0.05, 0.1) is 7.11 Å². The van der Waals surface area contributed by atoms with E-state index in [2.05, 4.69) is 4.37 Å². The molecule has 0 saturated carbocycles. The fourth-order valence-corrected chi connectivity index (χ4v) is 1.73. The molecular formula is C11H10N2O3S. The molecular weight excluding hydrogens is 240 g/mol. The molecule has 88 valence electrons. The van der Waals surface area contributed by atoms with Gasteiger partial charge in [-0.15, -0.1) is 0 Å². The lowest BCUT2D eigenvalue weighted by Gasteiger charge is -2.03. The second-order valence-electron chi connectivity index (χ2n) is 3.18. The Labute approximate surface area is 102 Å². The van der Waals surface area contributed by atoms with Crippen molar-refractivity contribution in [3.8, 4) is 11.5 Å². The van der Waals surface area contributed by atoms with E-state index in [0.29, 0.717) is 22.2 Å². The highest BCUT2D eigenvalue weighted by atomic mass is 32.1. The Morgan fingerprint density at radius 1 is 1.29 bits per heavy atom. The van der Waals surface area contributed by atoms with Crippen molar-refractivity contribution in [3.05, 3.63) is 35.2 Å². The van der Waals surface area contributed by atoms with Crippen LogP contribution in [-0.2, 0) is 0 Å². The van der Waals surface area contributed by atoms with E-state index >= 15 is 0 Å². The number of nitrogen functional groups attached to an aromatic ring is 1. The lowest BCUT2D eigenvalue weighted by atomic mass is 10.3. The van der Waals surface area contributed by atoms with Gasteiger partial charge in [0.25, 0.3) is 0 Å². The van der Waals surface area contributed by atoms with Crippen LogP contribution in [0.25, 0.3) is 0 Å². The van der Waals surface area contributed by atoms with Gasteiger partial charge in [-0.2, -0.15) is 4.37 Å². The van der Waals surface area contributed by atoms with Gasteiger partial charge in [0.2, 0.25) is 0 Å². The molecule has 0 fully saturated rings. The van der Waals surface area contributed by atoms with Gasteiger partial charge >= 0.3 is 5.97 Å². The Hall–Kier alpha value is -2.08. The molecule has 5 nitrogen and oxygen atoms in total. The fourth-order valence-electron chi connectivity index (χ4n) is 1.19. The number of nitrogens with two attached hydrogens (primary N) is 1. The van der Waals surface area contributed by atoms with E-state index in [4.69, 9.17) is 15.2 Å². The van der Waals surface area contributed by atoms with Gasteiger partial charge in [-0.05, 0) is 35.8 Å². The van der Waals surface area contributed by atoms with E-state index < -0.39 is 5.97 Å². The van der Waals surface area contributed by atoms with Gasteiger partial charge in [-0.25, -0.2) is 4.79 Å². The minimum Gasteiger partial charge on any atom is -0.497 e. The number of nitrogens with zero attached hydrogens (tertiary/aromatic N) is 1. The number of hydrogen-bond donors (Lipinski definition) is 1. The van der Waals surface area contributed by atoms with Gasteiger partial charge < -0.3 is 15.2 Å². The van der Waals surface area contributed by atoms with Crippen molar-refractivity contribution in [2.45, 2.75) is 0 Å². The number of carbonyl (C=O) groups excluding carboxylic acids is 1. The van der Waals surface area contributed by atoms with Crippen LogP contribution in [0.3, 0.4) is 0 Å². The molecule has 17 heavy (non-hydrogen) atoms. The highest BCUT2D eigenvalue weighted by Gasteiger charge is 2.12. The molecule has 1 aromatic heterocycles. The third-order valence-electron chi connectivity index (χ3n) is 2.00. The summed E-state index contributed by atoms with van der Waals surface area (Å²) in [4.78, 5) is 12.0. The zero-order chi connectivity index (χ0) is 12.3. The summed E-state index contributed by atoms with van der Waals surface area (Å²) in [6.07, 6.45) is 0. The van der Waals surface area contributed by atoms with Crippen molar-refractivity contribution in [3.63, 3.8) is 0 Å². The summed E-state index contributed by atoms with van der Waals surface area (Å²) in [6.45, 7) is 0. The lowest BCUT2D eigenvalue weighted by molar-refractivity contribution is 0.0739. The normalized spacial score (nSPS) is 9.94. The van der Waals surface area contributed by atoms with Crippen molar-refractivity contribution in [1.29, 1.82) is 0 Å². The second kappa shape index (κ2) is 4.84. The van der Waals surface area contributed by atoms with Crippen molar-refractivity contribution in [2.24, 2.45) is 0 Å². The fraction of sp³-hybridized carbons (Fsp3) is 0.0909. The topological polar surface area (TPSA) is 74.4 Å². The molecule has 2 rings (SSSR count). The molecule has 0 spiro atoms. The summed E-state index contributed by atoms with van der Waals surface area (Å²) in [5.74, 6) is 0.996. The van der Waals surface area contributed by atoms with E-state index in [1.165, 1.54) is 6.07 Å². The van der Waals surface area contributed by atoms with Crippen molar-refractivity contribution in [2.75, 3.05) is 12.8 Å². The van der Waals surface area contributed by atoms with Crippen LogP contribution in [-0.4, -0.2) is 17.5 Å². The van der Waals surface area contributed by atoms with Crippen molar-refractivity contribution >= 4 is 23.3 Å². The molecule has 2 N–H and O–H groups in total. The summed E-state index contributed by atoms with van der Waals surface area (Å²) >= 11 is 1.01. The van der Waals surface area contributed by atoms with E-state index in [0.717, 1.165) is 11.5 Å². The van der Waals surface area contributed by atoms with Crippen LogP contribution in [0.15, 0.2) is 30.3 Å². The molecule has 0 saturated heterocycles. The largest absolute Gasteiger partial charge is 0.497 e. The predicted octanol–water partition coefficient (Wildman–Crippen LogP) is 1.95. The maximum atomic E-state index is 11.6. The monoisotopic (exact) mass is 250 g/mol. The molecule has 0 aliphatic carbocycles. The number of anilines is 1. The van der Waals surface area contributed by atoms with Crippen LogP contribution < -0.4 is 15.2 Å². The third kappa shape index (κ3) is 2.73. The minimum atomic E-state index is -0.468. The van der Waals surface area contributed by atoms with Gasteiger partial charge in [-0.1, -0.05) is 0 Å². The Kier molecular flexibility index (Phi) is 3.24. The van der Waals surface area contributed by atoms with E-state index in [1.807, 2.05) is 0 Å². The third-order valence-corrected chi connectivity index (χ3v) is 2.78. The number of rotatable bonds is 3. The molecule has 2 aromatic rings. The first kappa shape index (κ1) is 11.4. The number of hydrogen-bond acceptors (Lipinski definition) is 6. The molecule has 0 bridgehead atoms. The average molecular weight is 250 g/mol. The molecule has 1 heterocycles. The van der Waals surface area contributed by atoms with E-state index in [-0.39, 0.29) is 0 Å². The standard InChI is InChI=1S/C11H10N2O3S/c1-15-7-2-4-8(5-3-7)16-11(14)9-6-10(12)13-17-9/h2-6H,1H3,(H2,12,13). The molecule has 1 aromatic carbocycles. The smallest absolute Gasteiger partial charge is 0.355 e. The number of ether oxygens (including phenoxy) is 2. The highest BCUT2D eigenvalue weighted by molar-refractivity contribution is 7.08. The summed E-state index contributed by atoms with van der Waals surface area (Å²) in [5.41, 5.74) is 5.42. The molecule has 0 radical (unpaired) electrons. The summed E-state index contributed by atoms with van der Waals surface area (Å²) in [5, 5.41) is 0. The zero-order valence-corrected chi connectivity index (χ0v) is 9.86. The summed E-state index contributed by atoms with van der Waals surface area (Å²) < 4.78 is 13.9. The number of esters is 1. The number of aromatic nitrogens is 1. The van der Waals surface area contributed by atoms with E-state index in [1.54, 1.807) is 31.4 Å². The van der Waals surface area contributed by atoms with Crippen molar-refractivity contribution < 1.29 is 14.3 Å². The first-order valence-electron chi connectivity index (χ1n) is 4.77. The zero-order valence-electron chi connectivity index (χ0n) is 9.04. The minimum absolute atomic E-state index is 0.316. The average Bonchev–Trinajstić information content (AvgIpc) is 2.77. The Morgan fingerprint density at radius 3 is 2.47 bits per heavy atom. The SMILES string of the molecule is COc1ccc(OC(=O)c2cc(N)ns2)cc1.